The molecule has 0 aliphatic carbocycles. The summed E-state index contributed by atoms with van der Waals surface area (Å²) in [6.45, 7) is 0. The molecule has 5 heteroatoms. The van der Waals surface area contributed by atoms with E-state index < -0.39 is 0 Å². The molecular weight excluding hydrogens is 144 g/mol. The molecule has 1 rings (SSSR count). The molecule has 5 nitrogen and oxygen atoms in total. The Morgan fingerprint density at radius 1 is 1.55 bits per heavy atom. The van der Waals surface area contributed by atoms with Gasteiger partial charge in [0.05, 0.1) is 7.11 Å². The SMILES string of the molecule is COC1=NC(=C=N)C(C#N)=N1. The minimum Gasteiger partial charge on any atom is -0.467 e. The van der Waals surface area contributed by atoms with Crippen LogP contribution in [0.3, 0.4) is 0 Å². The minimum absolute atomic E-state index is 0.0665. The Balaban J connectivity index is 3.07. The summed E-state index contributed by atoms with van der Waals surface area (Å²) in [6.07, 6.45) is 0. The molecule has 0 amide bonds. The third-order valence-electron chi connectivity index (χ3n) is 1.05. The summed E-state index contributed by atoms with van der Waals surface area (Å²) in [6, 6.07) is 1.86. The molecular formula is C6H4N4O. The van der Waals surface area contributed by atoms with E-state index in [1.807, 2.05) is 5.87 Å². The van der Waals surface area contributed by atoms with Gasteiger partial charge < -0.3 is 4.74 Å². The van der Waals surface area contributed by atoms with E-state index in [1.54, 1.807) is 6.07 Å². The first kappa shape index (κ1) is 7.19. The molecule has 0 aromatic rings. The Bertz CT molecular complexity index is 327. The van der Waals surface area contributed by atoms with Crippen LogP contribution in [0.5, 0.6) is 0 Å². The number of hydrogen-bond donors (Lipinski definition) is 1. The van der Waals surface area contributed by atoms with Crippen molar-refractivity contribution < 1.29 is 4.74 Å². The number of allylic oxidation sites excluding steroid dienone is 1. The number of amidine groups is 1. The van der Waals surface area contributed by atoms with Gasteiger partial charge in [-0.1, -0.05) is 0 Å². The lowest BCUT2D eigenvalue weighted by molar-refractivity contribution is 0.398. The topological polar surface area (TPSA) is 81.6 Å². The average Bonchev–Trinajstić information content (AvgIpc) is 2.46. The van der Waals surface area contributed by atoms with Crippen LogP contribution in [-0.2, 0) is 4.74 Å². The van der Waals surface area contributed by atoms with E-state index in [-0.39, 0.29) is 17.4 Å². The maximum atomic E-state index is 8.43. The molecule has 0 spiro atoms. The number of nitrogens with one attached hydrogen (secondary N) is 1. The molecule has 1 aliphatic rings. The monoisotopic (exact) mass is 148 g/mol. The number of nitrogens with zero attached hydrogens (tertiary/aromatic N) is 3. The van der Waals surface area contributed by atoms with Crippen molar-refractivity contribution in [1.29, 1.82) is 10.7 Å². The van der Waals surface area contributed by atoms with E-state index in [1.165, 1.54) is 7.11 Å². The van der Waals surface area contributed by atoms with Gasteiger partial charge >= 0.3 is 6.02 Å². The van der Waals surface area contributed by atoms with Gasteiger partial charge in [0.15, 0.2) is 11.4 Å². The summed E-state index contributed by atoms with van der Waals surface area (Å²) in [5, 5.41) is 15.1. The van der Waals surface area contributed by atoms with Gasteiger partial charge in [-0.15, -0.1) is 0 Å². The van der Waals surface area contributed by atoms with Crippen LogP contribution in [-0.4, -0.2) is 24.7 Å². The number of methoxy groups -OCH3 is 1. The predicted molar refractivity (Wildman–Crippen MR) is 38.7 cm³/mol. The highest BCUT2D eigenvalue weighted by molar-refractivity contribution is 6.22. The van der Waals surface area contributed by atoms with Crippen LogP contribution >= 0.6 is 0 Å². The minimum atomic E-state index is 0.0665. The Morgan fingerprint density at radius 3 is 2.64 bits per heavy atom. The second-order valence-electron chi connectivity index (χ2n) is 1.64. The standard InChI is InChI=1S/C6H4N4O/c1-11-6-9-4(2-7)5(3-8)10-6/h7H,1H3. The van der Waals surface area contributed by atoms with E-state index >= 15 is 0 Å². The van der Waals surface area contributed by atoms with Gasteiger partial charge in [0.2, 0.25) is 0 Å². The number of aliphatic imine (C=N–C) groups is 2. The summed E-state index contributed by atoms with van der Waals surface area (Å²) in [5.74, 6) is 1.98. The van der Waals surface area contributed by atoms with Crippen molar-refractivity contribution in [3.63, 3.8) is 0 Å². The molecule has 1 heterocycles. The highest BCUT2D eigenvalue weighted by Gasteiger charge is 2.15. The molecule has 0 aromatic carbocycles. The molecule has 0 unspecified atom stereocenters. The van der Waals surface area contributed by atoms with E-state index in [9.17, 15) is 0 Å². The fraction of sp³-hybridized carbons (Fsp3) is 0.167. The van der Waals surface area contributed by atoms with Gasteiger partial charge in [-0.25, -0.2) is 0 Å². The lowest BCUT2D eigenvalue weighted by atomic mass is 10.3. The smallest absolute Gasteiger partial charge is 0.318 e. The lowest BCUT2D eigenvalue weighted by Gasteiger charge is -1.86. The zero-order chi connectivity index (χ0) is 8.27. The van der Waals surface area contributed by atoms with Crippen LogP contribution in [0.4, 0.5) is 0 Å². The predicted octanol–water partition coefficient (Wildman–Crippen LogP) is 0.0993. The van der Waals surface area contributed by atoms with Crippen molar-refractivity contribution in [3.05, 3.63) is 5.70 Å². The molecule has 0 saturated carbocycles. The summed E-state index contributed by atoms with van der Waals surface area (Å²) in [4.78, 5) is 7.30. The summed E-state index contributed by atoms with van der Waals surface area (Å²) >= 11 is 0. The Kier molecular flexibility index (Phi) is 1.81. The van der Waals surface area contributed by atoms with Crippen LogP contribution in [0, 0.1) is 16.7 Å². The van der Waals surface area contributed by atoms with Crippen molar-refractivity contribution in [3.8, 4) is 6.07 Å². The first-order valence-corrected chi connectivity index (χ1v) is 2.73. The largest absolute Gasteiger partial charge is 0.467 e. The van der Waals surface area contributed by atoms with E-state index in [0.717, 1.165) is 0 Å². The molecule has 0 aromatic heterocycles. The highest BCUT2D eigenvalue weighted by atomic mass is 16.5. The zero-order valence-electron chi connectivity index (χ0n) is 5.75. The van der Waals surface area contributed by atoms with Gasteiger partial charge in [-0.2, -0.15) is 15.2 Å². The second kappa shape index (κ2) is 2.78. The quantitative estimate of drug-likeness (QED) is 0.494. The maximum Gasteiger partial charge on any atom is 0.318 e. The van der Waals surface area contributed by atoms with Crippen molar-refractivity contribution in [2.45, 2.75) is 0 Å². The third-order valence-corrected chi connectivity index (χ3v) is 1.05. The Morgan fingerprint density at radius 2 is 2.27 bits per heavy atom. The van der Waals surface area contributed by atoms with E-state index in [2.05, 4.69) is 14.7 Å². The lowest BCUT2D eigenvalue weighted by Crippen LogP contribution is -1.93. The molecule has 1 N–H and O–H groups in total. The Labute approximate surface area is 62.9 Å². The fourth-order valence-corrected chi connectivity index (χ4v) is 0.579. The summed E-state index contributed by atoms with van der Waals surface area (Å²) in [5.41, 5.74) is 0.182. The van der Waals surface area contributed by atoms with Gasteiger partial charge in [0, 0.05) is 5.87 Å². The molecule has 0 fully saturated rings. The van der Waals surface area contributed by atoms with Crippen LogP contribution in [0.2, 0.25) is 0 Å². The summed E-state index contributed by atoms with van der Waals surface area (Å²) in [7, 11) is 1.39. The van der Waals surface area contributed by atoms with Crippen molar-refractivity contribution >= 4 is 17.6 Å². The first-order chi connectivity index (χ1) is 5.31. The average molecular weight is 148 g/mol. The van der Waals surface area contributed by atoms with Crippen molar-refractivity contribution in [2.75, 3.05) is 7.11 Å². The summed E-state index contributed by atoms with van der Waals surface area (Å²) < 4.78 is 4.64. The maximum absolute atomic E-state index is 8.43. The third kappa shape index (κ3) is 1.16. The molecule has 0 radical (unpaired) electrons. The van der Waals surface area contributed by atoms with Gasteiger partial charge in [-0.3, -0.25) is 5.41 Å². The van der Waals surface area contributed by atoms with Crippen LogP contribution in [0.25, 0.3) is 0 Å². The van der Waals surface area contributed by atoms with Gasteiger partial charge in [-0.05, 0) is 0 Å². The number of rotatable bonds is 0. The molecule has 1 aliphatic heterocycles. The van der Waals surface area contributed by atoms with Crippen molar-refractivity contribution in [1.82, 2.24) is 0 Å². The fourth-order valence-electron chi connectivity index (χ4n) is 0.579. The molecule has 11 heavy (non-hydrogen) atoms. The first-order valence-electron chi connectivity index (χ1n) is 2.73. The Hall–Kier alpha value is -1.92. The number of nitriles is 1. The zero-order valence-corrected chi connectivity index (χ0v) is 5.75. The normalized spacial score (nSPS) is 14.7. The van der Waals surface area contributed by atoms with Gasteiger partial charge in [0.25, 0.3) is 0 Å². The van der Waals surface area contributed by atoms with Crippen LogP contribution < -0.4 is 0 Å². The van der Waals surface area contributed by atoms with Crippen LogP contribution in [0.15, 0.2) is 15.7 Å². The molecule has 0 atom stereocenters. The molecule has 0 bridgehead atoms. The van der Waals surface area contributed by atoms with Crippen LogP contribution in [0.1, 0.15) is 0 Å². The number of hydrogen-bond acceptors (Lipinski definition) is 5. The second-order valence-corrected chi connectivity index (χ2v) is 1.64. The highest BCUT2D eigenvalue weighted by Crippen LogP contribution is 2.06. The van der Waals surface area contributed by atoms with E-state index in [4.69, 9.17) is 10.7 Å². The van der Waals surface area contributed by atoms with E-state index in [0.29, 0.717) is 0 Å². The molecule has 0 saturated heterocycles. The van der Waals surface area contributed by atoms with Gasteiger partial charge in [0.1, 0.15) is 6.07 Å². The van der Waals surface area contributed by atoms with Crippen molar-refractivity contribution in [2.24, 2.45) is 9.98 Å². The number of ether oxygens (including phenoxy) is 1. The molecule has 54 valence electrons.